The van der Waals surface area contributed by atoms with Gasteiger partial charge in [-0.1, -0.05) is 11.3 Å². The number of nitrogens with zero attached hydrogens (tertiary/aromatic N) is 5. The molecular weight excluding hydrogens is 362 g/mol. The average Bonchev–Trinajstić information content (AvgIpc) is 3.43. The van der Waals surface area contributed by atoms with Crippen LogP contribution in [0.5, 0.6) is 0 Å². The third-order valence-corrected chi connectivity index (χ3v) is 5.65. The van der Waals surface area contributed by atoms with E-state index in [1.807, 2.05) is 23.6 Å². The van der Waals surface area contributed by atoms with Crippen LogP contribution in [0.4, 0.5) is 0 Å². The van der Waals surface area contributed by atoms with E-state index in [4.69, 9.17) is 0 Å². The normalized spacial score (nSPS) is 17.1. The number of hydrogen-bond donors (Lipinski definition) is 2. The number of rotatable bonds is 6. The van der Waals surface area contributed by atoms with Crippen molar-refractivity contribution in [3.05, 3.63) is 41.2 Å². The first-order valence-corrected chi connectivity index (χ1v) is 10.0. The lowest BCUT2D eigenvalue weighted by Gasteiger charge is -2.22. The van der Waals surface area contributed by atoms with Gasteiger partial charge in [0.15, 0.2) is 5.69 Å². The number of aromatic nitrogens is 5. The van der Waals surface area contributed by atoms with Gasteiger partial charge in [0.25, 0.3) is 5.91 Å². The van der Waals surface area contributed by atoms with E-state index >= 15 is 0 Å². The lowest BCUT2D eigenvalue weighted by Crippen LogP contribution is -2.32. The Kier molecular flexibility index (Phi) is 5.30. The van der Waals surface area contributed by atoms with Gasteiger partial charge in [0.1, 0.15) is 5.69 Å². The number of nitrogens with one attached hydrogen (secondary N) is 2. The summed E-state index contributed by atoms with van der Waals surface area (Å²) in [6.07, 6.45) is 4.12. The SMILES string of the molecule is CN(Cc1cc(-c2cccs2)n[nH]1)C(=O)c1cn(CC2CCCNC2)nn1. The van der Waals surface area contributed by atoms with Gasteiger partial charge < -0.3 is 10.2 Å². The molecular formula is C18H23N7OS. The molecule has 1 aliphatic heterocycles. The maximum absolute atomic E-state index is 12.7. The van der Waals surface area contributed by atoms with E-state index in [9.17, 15) is 4.79 Å². The molecule has 0 aromatic carbocycles. The van der Waals surface area contributed by atoms with Crippen molar-refractivity contribution in [2.75, 3.05) is 20.1 Å². The van der Waals surface area contributed by atoms with E-state index in [2.05, 4.69) is 25.8 Å². The molecule has 0 saturated carbocycles. The second-order valence-corrected chi connectivity index (χ2v) is 7.90. The minimum atomic E-state index is -0.143. The van der Waals surface area contributed by atoms with Crippen LogP contribution < -0.4 is 5.32 Å². The summed E-state index contributed by atoms with van der Waals surface area (Å²) in [6.45, 7) is 3.32. The highest BCUT2D eigenvalue weighted by Crippen LogP contribution is 2.23. The van der Waals surface area contributed by atoms with Crippen molar-refractivity contribution in [2.24, 2.45) is 5.92 Å². The standard InChI is InChI=1S/C18H23N7OS/c1-24(11-14-8-15(21-20-14)17-5-3-7-27-17)18(26)16-12-25(23-22-16)10-13-4-2-6-19-9-13/h3,5,7-8,12-13,19H,2,4,6,9-11H2,1H3,(H,20,21). The number of amides is 1. The zero-order chi connectivity index (χ0) is 18.6. The highest BCUT2D eigenvalue weighted by molar-refractivity contribution is 7.13. The summed E-state index contributed by atoms with van der Waals surface area (Å²) in [4.78, 5) is 15.4. The van der Waals surface area contributed by atoms with E-state index < -0.39 is 0 Å². The molecule has 1 amide bonds. The lowest BCUT2D eigenvalue weighted by molar-refractivity contribution is 0.0777. The fraction of sp³-hybridized carbons (Fsp3) is 0.444. The van der Waals surface area contributed by atoms with Crippen LogP contribution in [0.3, 0.4) is 0 Å². The van der Waals surface area contributed by atoms with E-state index in [-0.39, 0.29) is 5.91 Å². The first kappa shape index (κ1) is 17.9. The fourth-order valence-corrected chi connectivity index (χ4v) is 4.03. The van der Waals surface area contributed by atoms with Crippen molar-refractivity contribution < 1.29 is 4.79 Å². The Balaban J connectivity index is 1.36. The van der Waals surface area contributed by atoms with Crippen molar-refractivity contribution in [2.45, 2.75) is 25.9 Å². The molecule has 27 heavy (non-hydrogen) atoms. The number of thiophene rings is 1. The molecule has 3 aromatic rings. The van der Waals surface area contributed by atoms with Gasteiger partial charge in [-0.05, 0) is 49.4 Å². The molecule has 1 aliphatic rings. The Hall–Kier alpha value is -2.52. The number of H-pyrrole nitrogens is 1. The summed E-state index contributed by atoms with van der Waals surface area (Å²) >= 11 is 1.64. The highest BCUT2D eigenvalue weighted by Gasteiger charge is 2.19. The molecule has 0 aliphatic carbocycles. The van der Waals surface area contributed by atoms with E-state index in [1.165, 1.54) is 12.8 Å². The van der Waals surface area contributed by atoms with Crippen molar-refractivity contribution in [1.29, 1.82) is 0 Å². The minimum absolute atomic E-state index is 0.143. The second kappa shape index (κ2) is 8.01. The summed E-state index contributed by atoms with van der Waals surface area (Å²) < 4.78 is 1.78. The van der Waals surface area contributed by atoms with Gasteiger partial charge in [-0.15, -0.1) is 16.4 Å². The van der Waals surface area contributed by atoms with E-state index in [0.29, 0.717) is 18.2 Å². The topological polar surface area (TPSA) is 91.7 Å². The third kappa shape index (κ3) is 4.25. The summed E-state index contributed by atoms with van der Waals surface area (Å²) in [5.74, 6) is 0.400. The summed E-state index contributed by atoms with van der Waals surface area (Å²) in [6, 6.07) is 6.00. The first-order valence-electron chi connectivity index (χ1n) is 9.13. The Morgan fingerprint density at radius 1 is 1.48 bits per heavy atom. The number of piperidine rings is 1. The monoisotopic (exact) mass is 385 g/mol. The number of aromatic amines is 1. The summed E-state index contributed by atoms with van der Waals surface area (Å²) in [5.41, 5.74) is 2.15. The van der Waals surface area contributed by atoms with Crippen molar-refractivity contribution in [3.8, 4) is 10.6 Å². The molecule has 1 saturated heterocycles. The zero-order valence-corrected chi connectivity index (χ0v) is 16.1. The quantitative estimate of drug-likeness (QED) is 0.677. The molecule has 1 unspecified atom stereocenters. The lowest BCUT2D eigenvalue weighted by atomic mass is 10.00. The predicted molar refractivity (Wildman–Crippen MR) is 103 cm³/mol. The van der Waals surface area contributed by atoms with Crippen LogP contribution in [0.1, 0.15) is 29.0 Å². The fourth-order valence-electron chi connectivity index (χ4n) is 3.35. The Morgan fingerprint density at radius 2 is 2.41 bits per heavy atom. The number of carbonyl (C=O) groups excluding carboxylic acids is 1. The van der Waals surface area contributed by atoms with Gasteiger partial charge in [0.2, 0.25) is 0 Å². The average molecular weight is 385 g/mol. The minimum Gasteiger partial charge on any atom is -0.334 e. The van der Waals surface area contributed by atoms with Gasteiger partial charge >= 0.3 is 0 Å². The molecule has 4 heterocycles. The number of carbonyl (C=O) groups is 1. The van der Waals surface area contributed by atoms with Crippen LogP contribution in [0.25, 0.3) is 10.6 Å². The van der Waals surface area contributed by atoms with Gasteiger partial charge in [0, 0.05) is 13.6 Å². The third-order valence-electron chi connectivity index (χ3n) is 4.76. The van der Waals surface area contributed by atoms with Crippen molar-refractivity contribution in [1.82, 2.24) is 35.4 Å². The molecule has 0 spiro atoms. The molecule has 4 rings (SSSR count). The first-order chi connectivity index (χ1) is 13.2. The van der Waals surface area contributed by atoms with Crippen LogP contribution >= 0.6 is 11.3 Å². The largest absolute Gasteiger partial charge is 0.334 e. The smallest absolute Gasteiger partial charge is 0.276 e. The Labute approximate surface area is 161 Å². The molecule has 0 radical (unpaired) electrons. The number of hydrogen-bond acceptors (Lipinski definition) is 6. The Morgan fingerprint density at radius 3 is 3.19 bits per heavy atom. The molecule has 2 N–H and O–H groups in total. The van der Waals surface area contributed by atoms with Gasteiger partial charge in [-0.3, -0.25) is 14.6 Å². The summed E-state index contributed by atoms with van der Waals surface area (Å²) in [7, 11) is 1.76. The second-order valence-electron chi connectivity index (χ2n) is 6.96. The molecule has 8 nitrogen and oxygen atoms in total. The maximum atomic E-state index is 12.7. The molecule has 3 aromatic heterocycles. The van der Waals surface area contributed by atoms with Crippen LogP contribution in [0, 0.1) is 5.92 Å². The van der Waals surface area contributed by atoms with Crippen molar-refractivity contribution in [3.63, 3.8) is 0 Å². The van der Waals surface area contributed by atoms with Crippen LogP contribution in [0.2, 0.25) is 0 Å². The Bertz CT molecular complexity index is 879. The van der Waals surface area contributed by atoms with E-state index in [1.54, 1.807) is 34.2 Å². The summed E-state index contributed by atoms with van der Waals surface area (Å²) in [5, 5.41) is 20.9. The zero-order valence-electron chi connectivity index (χ0n) is 15.3. The molecule has 1 atom stereocenters. The predicted octanol–water partition coefficient (Wildman–Crippen LogP) is 2.00. The van der Waals surface area contributed by atoms with E-state index in [0.717, 1.165) is 35.9 Å². The van der Waals surface area contributed by atoms with Gasteiger partial charge in [-0.2, -0.15) is 5.10 Å². The van der Waals surface area contributed by atoms with Gasteiger partial charge in [-0.25, -0.2) is 0 Å². The maximum Gasteiger partial charge on any atom is 0.276 e. The molecule has 1 fully saturated rings. The highest BCUT2D eigenvalue weighted by atomic mass is 32.1. The van der Waals surface area contributed by atoms with Gasteiger partial charge in [0.05, 0.1) is 23.3 Å². The molecule has 142 valence electrons. The van der Waals surface area contributed by atoms with Crippen LogP contribution in [-0.2, 0) is 13.1 Å². The van der Waals surface area contributed by atoms with Crippen molar-refractivity contribution >= 4 is 17.2 Å². The van der Waals surface area contributed by atoms with Crippen LogP contribution in [-0.4, -0.2) is 56.1 Å². The van der Waals surface area contributed by atoms with Crippen LogP contribution in [0.15, 0.2) is 29.8 Å². The molecule has 0 bridgehead atoms. The molecule has 9 heteroatoms.